The van der Waals surface area contributed by atoms with Crippen LogP contribution in [0.15, 0.2) is 12.3 Å². The summed E-state index contributed by atoms with van der Waals surface area (Å²) in [7, 11) is 1.83. The molecule has 0 saturated carbocycles. The Hall–Kier alpha value is -1.84. The maximum atomic E-state index is 10.4. The molecule has 92 valence electrons. The van der Waals surface area contributed by atoms with E-state index in [0.29, 0.717) is 25.4 Å². The van der Waals surface area contributed by atoms with Crippen LogP contribution in [-0.2, 0) is 23.1 Å². The third kappa shape index (κ3) is 4.68. The highest BCUT2D eigenvalue weighted by molar-refractivity contribution is 5.74. The van der Waals surface area contributed by atoms with Gasteiger partial charge in [0, 0.05) is 26.3 Å². The molecule has 6 nitrogen and oxygen atoms in total. The minimum atomic E-state index is -0.466. The van der Waals surface area contributed by atoms with Crippen LogP contribution in [0.1, 0.15) is 11.3 Å². The summed E-state index contributed by atoms with van der Waals surface area (Å²) in [4.78, 5) is 10.4. The predicted octanol–water partition coefficient (Wildman–Crippen LogP) is -0.512. The van der Waals surface area contributed by atoms with Crippen LogP contribution >= 0.6 is 0 Å². The number of carbonyl (C=O) groups is 1. The first kappa shape index (κ1) is 13.2. The fourth-order valence-electron chi connectivity index (χ4n) is 1.39. The van der Waals surface area contributed by atoms with Gasteiger partial charge in [0.25, 0.3) is 0 Å². The minimum absolute atomic E-state index is 0.0500. The molecule has 1 heterocycles. The van der Waals surface area contributed by atoms with E-state index in [4.69, 9.17) is 15.7 Å². The number of rotatable bonds is 7. The van der Waals surface area contributed by atoms with Gasteiger partial charge in [-0.25, -0.2) is 0 Å². The third-order valence-corrected chi connectivity index (χ3v) is 2.17. The Balaban J connectivity index is 2.18. The lowest BCUT2D eigenvalue weighted by molar-refractivity contribution is -0.122. The van der Waals surface area contributed by atoms with Crippen molar-refractivity contribution in [2.75, 3.05) is 19.8 Å². The van der Waals surface area contributed by atoms with Crippen molar-refractivity contribution in [3.05, 3.63) is 23.5 Å². The molecule has 1 aromatic heterocycles. The molecular weight excluding hydrogens is 220 g/mol. The number of aryl methyl sites for hydroxylation is 1. The maximum Gasteiger partial charge on any atom is 0.243 e. The molecule has 0 atom stereocenters. The minimum Gasteiger partial charge on any atom is -0.370 e. The summed E-state index contributed by atoms with van der Waals surface area (Å²) in [5, 5.41) is 11.9. The summed E-state index contributed by atoms with van der Waals surface area (Å²) in [6, 6.07) is 3.93. The fourth-order valence-corrected chi connectivity index (χ4v) is 1.39. The molecule has 0 saturated heterocycles. The van der Waals surface area contributed by atoms with Gasteiger partial charge in [-0.15, -0.1) is 0 Å². The number of nitriles is 1. The number of nitrogens with one attached hydrogen (secondary N) is 1. The van der Waals surface area contributed by atoms with Gasteiger partial charge in [0.1, 0.15) is 18.4 Å². The van der Waals surface area contributed by atoms with Crippen LogP contribution < -0.4 is 11.1 Å². The van der Waals surface area contributed by atoms with Crippen LogP contribution in [0.3, 0.4) is 0 Å². The summed E-state index contributed by atoms with van der Waals surface area (Å²) in [5.74, 6) is -0.466. The van der Waals surface area contributed by atoms with Crippen LogP contribution in [0.4, 0.5) is 0 Å². The first-order valence-corrected chi connectivity index (χ1v) is 5.25. The molecule has 0 radical (unpaired) electrons. The Labute approximate surface area is 100.0 Å². The highest BCUT2D eigenvalue weighted by Crippen LogP contribution is 2.05. The highest BCUT2D eigenvalue weighted by Gasteiger charge is 2.01. The number of nitrogens with zero attached hydrogens (tertiary/aromatic N) is 2. The standard InChI is InChI=1S/C11H16N4O2/c1-15-7-9(4-10(15)5-12)6-14-2-3-17-8-11(13)16/h4,7,14H,2-3,6,8H2,1H3,(H2,13,16). The van der Waals surface area contributed by atoms with Crippen molar-refractivity contribution >= 4 is 5.91 Å². The molecule has 0 aliphatic heterocycles. The zero-order chi connectivity index (χ0) is 12.7. The Morgan fingerprint density at radius 3 is 3.06 bits per heavy atom. The number of aromatic nitrogens is 1. The van der Waals surface area contributed by atoms with Gasteiger partial charge in [0.2, 0.25) is 5.91 Å². The van der Waals surface area contributed by atoms with Crippen molar-refractivity contribution in [1.82, 2.24) is 9.88 Å². The number of hydrogen-bond donors (Lipinski definition) is 2. The van der Waals surface area contributed by atoms with Gasteiger partial charge in [-0.05, 0) is 11.6 Å². The van der Waals surface area contributed by atoms with Crippen molar-refractivity contribution in [3.63, 3.8) is 0 Å². The summed E-state index contributed by atoms with van der Waals surface area (Å²) >= 11 is 0. The van der Waals surface area contributed by atoms with Gasteiger partial charge >= 0.3 is 0 Å². The normalized spacial score (nSPS) is 10.1. The SMILES string of the molecule is Cn1cc(CNCCOCC(N)=O)cc1C#N. The van der Waals surface area contributed by atoms with E-state index in [1.807, 2.05) is 19.3 Å². The van der Waals surface area contributed by atoms with E-state index in [0.717, 1.165) is 5.56 Å². The number of ether oxygens (including phenoxy) is 1. The first-order valence-electron chi connectivity index (χ1n) is 5.25. The topological polar surface area (TPSA) is 93.1 Å². The van der Waals surface area contributed by atoms with Crippen LogP contribution in [0.5, 0.6) is 0 Å². The smallest absolute Gasteiger partial charge is 0.243 e. The summed E-state index contributed by atoms with van der Waals surface area (Å²) < 4.78 is 6.77. The van der Waals surface area contributed by atoms with Crippen LogP contribution in [0.25, 0.3) is 0 Å². The molecule has 0 aliphatic rings. The monoisotopic (exact) mass is 236 g/mol. The van der Waals surface area contributed by atoms with Gasteiger partial charge in [-0.2, -0.15) is 5.26 Å². The molecule has 0 unspecified atom stereocenters. The Morgan fingerprint density at radius 2 is 2.47 bits per heavy atom. The summed E-state index contributed by atoms with van der Waals surface area (Å²) in [5.41, 5.74) is 6.59. The second-order valence-electron chi connectivity index (χ2n) is 3.65. The van der Waals surface area contributed by atoms with Crippen LogP contribution in [-0.4, -0.2) is 30.2 Å². The van der Waals surface area contributed by atoms with Gasteiger partial charge in [-0.1, -0.05) is 0 Å². The van der Waals surface area contributed by atoms with Gasteiger partial charge in [0.15, 0.2) is 0 Å². The lowest BCUT2D eigenvalue weighted by Crippen LogP contribution is -2.23. The molecule has 1 amide bonds. The van der Waals surface area contributed by atoms with E-state index in [2.05, 4.69) is 11.4 Å². The summed E-state index contributed by atoms with van der Waals surface area (Å²) in [6.07, 6.45) is 1.90. The fraction of sp³-hybridized carbons (Fsp3) is 0.455. The lowest BCUT2D eigenvalue weighted by Gasteiger charge is -2.03. The summed E-state index contributed by atoms with van der Waals surface area (Å²) in [6.45, 7) is 1.67. The molecule has 0 aliphatic carbocycles. The molecule has 1 aromatic rings. The number of primary amides is 1. The van der Waals surface area contributed by atoms with E-state index in [9.17, 15) is 4.79 Å². The van der Waals surface area contributed by atoms with Gasteiger partial charge in [0.05, 0.1) is 6.61 Å². The van der Waals surface area contributed by atoms with E-state index >= 15 is 0 Å². The average Bonchev–Trinajstić information content (AvgIpc) is 2.63. The Kier molecular flexibility index (Phi) is 5.20. The molecule has 0 bridgehead atoms. The third-order valence-electron chi connectivity index (χ3n) is 2.17. The Morgan fingerprint density at radius 1 is 1.71 bits per heavy atom. The average molecular weight is 236 g/mol. The van der Waals surface area contributed by atoms with E-state index in [1.165, 1.54) is 0 Å². The van der Waals surface area contributed by atoms with Gasteiger partial charge < -0.3 is 20.4 Å². The van der Waals surface area contributed by atoms with E-state index in [-0.39, 0.29) is 6.61 Å². The Bertz CT molecular complexity index is 420. The van der Waals surface area contributed by atoms with E-state index < -0.39 is 5.91 Å². The zero-order valence-electron chi connectivity index (χ0n) is 9.77. The van der Waals surface area contributed by atoms with Crippen molar-refractivity contribution < 1.29 is 9.53 Å². The molecule has 3 N–H and O–H groups in total. The number of nitrogens with two attached hydrogens (primary N) is 1. The highest BCUT2D eigenvalue weighted by atomic mass is 16.5. The quantitative estimate of drug-likeness (QED) is 0.623. The van der Waals surface area contributed by atoms with E-state index in [1.54, 1.807) is 4.57 Å². The molecule has 6 heteroatoms. The second-order valence-corrected chi connectivity index (χ2v) is 3.65. The van der Waals surface area contributed by atoms with Crippen molar-refractivity contribution in [3.8, 4) is 6.07 Å². The number of amides is 1. The van der Waals surface area contributed by atoms with Crippen molar-refractivity contribution in [2.24, 2.45) is 12.8 Å². The second kappa shape index (κ2) is 6.68. The molecule has 0 spiro atoms. The van der Waals surface area contributed by atoms with Crippen molar-refractivity contribution in [2.45, 2.75) is 6.54 Å². The largest absolute Gasteiger partial charge is 0.370 e. The maximum absolute atomic E-state index is 10.4. The molecule has 17 heavy (non-hydrogen) atoms. The molecular formula is C11H16N4O2. The van der Waals surface area contributed by atoms with Gasteiger partial charge in [-0.3, -0.25) is 4.79 Å². The number of hydrogen-bond acceptors (Lipinski definition) is 4. The van der Waals surface area contributed by atoms with Crippen LogP contribution in [0.2, 0.25) is 0 Å². The first-order chi connectivity index (χ1) is 8.13. The predicted molar refractivity (Wildman–Crippen MR) is 61.8 cm³/mol. The number of carbonyl (C=O) groups excluding carboxylic acids is 1. The molecule has 0 fully saturated rings. The van der Waals surface area contributed by atoms with Crippen molar-refractivity contribution in [1.29, 1.82) is 5.26 Å². The zero-order valence-corrected chi connectivity index (χ0v) is 9.77. The lowest BCUT2D eigenvalue weighted by atomic mass is 10.3. The molecule has 1 rings (SSSR count). The van der Waals surface area contributed by atoms with Crippen LogP contribution in [0, 0.1) is 11.3 Å². The molecule has 0 aromatic carbocycles.